The Kier molecular flexibility index (Phi) is 10.4. The van der Waals surface area contributed by atoms with E-state index in [4.69, 9.17) is 0 Å². The van der Waals surface area contributed by atoms with E-state index < -0.39 is 0 Å². The van der Waals surface area contributed by atoms with E-state index in [9.17, 15) is 0 Å². The normalized spacial score (nSPS) is 17.4. The van der Waals surface area contributed by atoms with E-state index in [0.717, 1.165) is 0 Å². The fourth-order valence-electron chi connectivity index (χ4n) is 5.10. The third kappa shape index (κ3) is 6.61. The minimum absolute atomic E-state index is 0. The van der Waals surface area contributed by atoms with E-state index in [1.807, 2.05) is 0 Å². The maximum absolute atomic E-state index is 2.51. The molecule has 1 aliphatic rings. The van der Waals surface area contributed by atoms with Crippen molar-refractivity contribution >= 4 is 0 Å². The van der Waals surface area contributed by atoms with Crippen molar-refractivity contribution in [2.45, 2.75) is 116 Å². The monoisotopic (exact) mass is 430 g/mol. The average Bonchev–Trinajstić information content (AvgIpc) is 3.17. The van der Waals surface area contributed by atoms with Crippen molar-refractivity contribution in [1.82, 2.24) is 4.57 Å². The maximum atomic E-state index is 2.51. The topological polar surface area (TPSA) is 8.81 Å². The van der Waals surface area contributed by atoms with Crippen LogP contribution in [0, 0.1) is 0 Å². The van der Waals surface area contributed by atoms with E-state index in [1.54, 1.807) is 0 Å². The molecule has 1 aromatic carbocycles. The van der Waals surface area contributed by atoms with Crippen LogP contribution in [0.25, 0.3) is 5.69 Å². The molecule has 1 saturated carbocycles. The second-order valence-electron chi connectivity index (χ2n) is 9.77. The van der Waals surface area contributed by atoms with Gasteiger partial charge < -0.3 is 12.4 Å². The summed E-state index contributed by atoms with van der Waals surface area (Å²) >= 11 is 0. The molecule has 0 spiro atoms. The predicted molar refractivity (Wildman–Crippen MR) is 124 cm³/mol. The predicted octanol–water partition coefficient (Wildman–Crippen LogP) is 4.86. The Labute approximate surface area is 191 Å². The number of imidazole rings is 1. The zero-order chi connectivity index (χ0) is 20.6. The number of benzene rings is 1. The van der Waals surface area contributed by atoms with E-state index in [-0.39, 0.29) is 12.4 Å². The summed E-state index contributed by atoms with van der Waals surface area (Å²) in [5.41, 5.74) is 4.35. The van der Waals surface area contributed by atoms with Crippen molar-refractivity contribution in [1.29, 1.82) is 0 Å². The molecule has 168 valence electrons. The third-order valence-electron chi connectivity index (χ3n) is 6.75. The van der Waals surface area contributed by atoms with Crippen LogP contribution in [0.5, 0.6) is 0 Å². The number of nitrogens with zero attached hydrogens (tertiary/aromatic N) is 2. The molecule has 2 aromatic rings. The molecular weight excluding hydrogens is 388 g/mol. The number of hydrogen-bond acceptors (Lipinski definition) is 0. The van der Waals surface area contributed by atoms with Gasteiger partial charge >= 0.3 is 0 Å². The van der Waals surface area contributed by atoms with Gasteiger partial charge in [0.05, 0.1) is 0 Å². The zero-order valence-electron chi connectivity index (χ0n) is 19.7. The van der Waals surface area contributed by atoms with Gasteiger partial charge in [-0.1, -0.05) is 84.8 Å². The summed E-state index contributed by atoms with van der Waals surface area (Å²) in [6.45, 7) is 9.28. The first-order valence-electron chi connectivity index (χ1n) is 12.3. The minimum Gasteiger partial charge on any atom is -1.00 e. The van der Waals surface area contributed by atoms with Gasteiger partial charge in [-0.25, -0.2) is 9.13 Å². The first kappa shape index (κ1) is 25.0. The molecule has 0 amide bonds. The molecule has 0 unspecified atom stereocenters. The quantitative estimate of drug-likeness (QED) is 0.612. The van der Waals surface area contributed by atoms with Crippen molar-refractivity contribution in [2.75, 3.05) is 0 Å². The SMILES string of the molecule is CC(C)c1cccc(-[n+]2ccn(C3CCCCCCCCCCC3)c2)c1C(C)C.[Cl-]. The van der Waals surface area contributed by atoms with E-state index in [2.05, 4.69) is 73.7 Å². The van der Waals surface area contributed by atoms with Crippen molar-refractivity contribution in [2.24, 2.45) is 0 Å². The molecule has 0 aliphatic heterocycles. The highest BCUT2D eigenvalue weighted by atomic mass is 35.5. The fourth-order valence-corrected chi connectivity index (χ4v) is 5.10. The molecule has 3 heteroatoms. The lowest BCUT2D eigenvalue weighted by Crippen LogP contribution is -3.00. The van der Waals surface area contributed by atoms with Crippen LogP contribution < -0.4 is 17.0 Å². The summed E-state index contributed by atoms with van der Waals surface area (Å²) in [6, 6.07) is 7.50. The van der Waals surface area contributed by atoms with E-state index >= 15 is 0 Å². The Hall–Kier alpha value is -1.28. The van der Waals surface area contributed by atoms with Crippen LogP contribution in [-0.2, 0) is 0 Å². The summed E-state index contributed by atoms with van der Waals surface area (Å²) in [6.07, 6.45) is 22.4. The molecule has 3 rings (SSSR count). The molecule has 0 atom stereocenters. The lowest BCUT2D eigenvalue weighted by Gasteiger charge is -2.18. The van der Waals surface area contributed by atoms with Crippen molar-refractivity contribution < 1.29 is 17.0 Å². The number of rotatable bonds is 4. The highest BCUT2D eigenvalue weighted by Crippen LogP contribution is 2.30. The standard InChI is InChI=1S/C27H43N2.ClH/c1-22(2)25-17-14-18-26(27(25)23(3)4)29-20-19-28(21-29)24-15-12-10-8-6-5-7-9-11-13-16-24;/h14,17-24H,5-13,15-16H2,1-4H3;1H/q+1;/p-1. The molecule has 30 heavy (non-hydrogen) atoms. The van der Waals surface area contributed by atoms with Gasteiger partial charge in [-0.2, -0.15) is 0 Å². The van der Waals surface area contributed by atoms with Crippen LogP contribution in [0.15, 0.2) is 36.9 Å². The molecule has 1 aromatic heterocycles. The molecule has 0 radical (unpaired) electrons. The lowest BCUT2D eigenvalue weighted by atomic mass is 9.89. The Bertz CT molecular complexity index is 735. The molecule has 0 bridgehead atoms. The molecule has 0 N–H and O–H groups in total. The molecule has 1 heterocycles. The van der Waals surface area contributed by atoms with Crippen LogP contribution in [0.2, 0.25) is 0 Å². The summed E-state index contributed by atoms with van der Waals surface area (Å²) in [7, 11) is 0. The van der Waals surface area contributed by atoms with Crippen LogP contribution in [0.4, 0.5) is 0 Å². The van der Waals surface area contributed by atoms with E-state index in [0.29, 0.717) is 17.9 Å². The van der Waals surface area contributed by atoms with Gasteiger partial charge in [-0.15, -0.1) is 0 Å². The van der Waals surface area contributed by atoms with Gasteiger partial charge in [0.1, 0.15) is 24.1 Å². The maximum Gasteiger partial charge on any atom is 0.249 e. The van der Waals surface area contributed by atoms with Crippen molar-refractivity contribution in [3.05, 3.63) is 48.0 Å². The second kappa shape index (κ2) is 12.5. The summed E-state index contributed by atoms with van der Waals surface area (Å²) in [4.78, 5) is 0. The largest absolute Gasteiger partial charge is 1.00 e. The summed E-state index contributed by atoms with van der Waals surface area (Å²) < 4.78 is 4.88. The average molecular weight is 431 g/mol. The van der Waals surface area contributed by atoms with Gasteiger partial charge in [0, 0.05) is 5.56 Å². The van der Waals surface area contributed by atoms with E-state index in [1.165, 1.54) is 87.4 Å². The van der Waals surface area contributed by atoms with Gasteiger partial charge in [0.15, 0.2) is 0 Å². The Morgan fingerprint density at radius 3 is 1.90 bits per heavy atom. The van der Waals surface area contributed by atoms with Crippen LogP contribution in [0.1, 0.15) is 127 Å². The number of hydrogen-bond donors (Lipinski definition) is 0. The van der Waals surface area contributed by atoms with Crippen LogP contribution in [-0.4, -0.2) is 4.57 Å². The highest BCUT2D eigenvalue weighted by molar-refractivity contribution is 5.44. The number of halogens is 1. The fraction of sp³-hybridized carbons (Fsp3) is 0.667. The zero-order valence-corrected chi connectivity index (χ0v) is 20.5. The van der Waals surface area contributed by atoms with Crippen molar-refractivity contribution in [3.63, 3.8) is 0 Å². The Balaban J connectivity index is 0.00000320. The van der Waals surface area contributed by atoms with Crippen LogP contribution >= 0.6 is 0 Å². The smallest absolute Gasteiger partial charge is 0.249 e. The summed E-state index contributed by atoms with van der Waals surface area (Å²) in [5, 5.41) is 0. The summed E-state index contributed by atoms with van der Waals surface area (Å²) in [5.74, 6) is 1.09. The lowest BCUT2D eigenvalue weighted by molar-refractivity contribution is -0.596. The van der Waals surface area contributed by atoms with Gasteiger partial charge in [0.25, 0.3) is 0 Å². The van der Waals surface area contributed by atoms with Crippen LogP contribution in [0.3, 0.4) is 0 Å². The molecule has 0 saturated heterocycles. The Morgan fingerprint density at radius 2 is 1.37 bits per heavy atom. The third-order valence-corrected chi connectivity index (χ3v) is 6.75. The molecule has 1 aliphatic carbocycles. The van der Waals surface area contributed by atoms with Gasteiger partial charge in [-0.05, 0) is 49.1 Å². The van der Waals surface area contributed by atoms with Crippen molar-refractivity contribution in [3.8, 4) is 5.69 Å². The van der Waals surface area contributed by atoms with Gasteiger partial charge in [0.2, 0.25) is 6.33 Å². The highest BCUT2D eigenvalue weighted by Gasteiger charge is 2.21. The second-order valence-corrected chi connectivity index (χ2v) is 9.77. The molecule has 2 nitrogen and oxygen atoms in total. The Morgan fingerprint density at radius 1 is 0.800 bits per heavy atom. The minimum atomic E-state index is 0. The van der Waals surface area contributed by atoms with Gasteiger partial charge in [-0.3, -0.25) is 0 Å². The molecule has 1 fully saturated rings. The number of aromatic nitrogens is 2. The first-order chi connectivity index (χ1) is 14.1. The first-order valence-corrected chi connectivity index (χ1v) is 12.3. The molecular formula is C27H43ClN2.